The van der Waals surface area contributed by atoms with Gasteiger partial charge < -0.3 is 9.64 Å². The molecule has 1 amide bonds. The van der Waals surface area contributed by atoms with E-state index in [0.717, 1.165) is 32.4 Å². The van der Waals surface area contributed by atoms with Crippen molar-refractivity contribution in [2.24, 2.45) is 5.92 Å². The van der Waals surface area contributed by atoms with E-state index in [4.69, 9.17) is 4.74 Å². The first-order chi connectivity index (χ1) is 11.1. The highest BCUT2D eigenvalue weighted by atomic mass is 16.5. The van der Waals surface area contributed by atoms with Crippen molar-refractivity contribution in [2.75, 3.05) is 33.3 Å². The summed E-state index contributed by atoms with van der Waals surface area (Å²) in [6.07, 6.45) is 9.30. The minimum Gasteiger partial charge on any atom is -0.465 e. The first-order valence-corrected chi connectivity index (χ1v) is 9.26. The van der Waals surface area contributed by atoms with Gasteiger partial charge in [-0.15, -0.1) is 0 Å². The van der Waals surface area contributed by atoms with Crippen LogP contribution in [0.25, 0.3) is 0 Å². The van der Waals surface area contributed by atoms with Crippen LogP contribution in [0.15, 0.2) is 0 Å². The number of esters is 1. The topological polar surface area (TPSA) is 49.9 Å². The van der Waals surface area contributed by atoms with E-state index in [-0.39, 0.29) is 17.9 Å². The maximum absolute atomic E-state index is 12.5. The minimum atomic E-state index is -0.240. The maximum Gasteiger partial charge on any atom is 0.323 e. The third-order valence-electron chi connectivity index (χ3n) is 5.19. The Bertz CT molecular complexity index is 394. The summed E-state index contributed by atoms with van der Waals surface area (Å²) in [7, 11) is 1.90. The minimum absolute atomic E-state index is 0.131. The molecule has 1 heterocycles. The van der Waals surface area contributed by atoms with Crippen molar-refractivity contribution >= 4 is 11.9 Å². The summed E-state index contributed by atoms with van der Waals surface area (Å²) in [6.45, 7) is 4.24. The van der Waals surface area contributed by atoms with Crippen LogP contribution in [0.2, 0.25) is 0 Å². The van der Waals surface area contributed by atoms with Gasteiger partial charge in [0.05, 0.1) is 13.2 Å². The number of carbonyl (C=O) groups excluding carboxylic acids is 2. The molecule has 1 atom stereocenters. The average Bonchev–Trinajstić information content (AvgIpc) is 2.56. The summed E-state index contributed by atoms with van der Waals surface area (Å²) in [5, 5.41) is 0. The van der Waals surface area contributed by atoms with Gasteiger partial charge in [-0.1, -0.05) is 25.7 Å². The predicted octanol–water partition coefficient (Wildman–Crippen LogP) is 2.44. The first kappa shape index (κ1) is 18.2. The van der Waals surface area contributed by atoms with Gasteiger partial charge in [0.2, 0.25) is 5.91 Å². The van der Waals surface area contributed by atoms with Crippen LogP contribution in [0, 0.1) is 5.92 Å². The lowest BCUT2D eigenvalue weighted by molar-refractivity contribution is -0.152. The molecule has 5 heteroatoms. The van der Waals surface area contributed by atoms with Crippen molar-refractivity contribution in [1.82, 2.24) is 9.80 Å². The summed E-state index contributed by atoms with van der Waals surface area (Å²) < 4.78 is 5.17. The molecule has 1 aliphatic carbocycles. The number of likely N-dealkylation sites (N-methyl/N-ethyl adjacent to an activating group) is 1. The number of hydrogen-bond donors (Lipinski definition) is 0. The van der Waals surface area contributed by atoms with Crippen molar-refractivity contribution < 1.29 is 14.3 Å². The van der Waals surface area contributed by atoms with Crippen LogP contribution in [0.5, 0.6) is 0 Å². The van der Waals surface area contributed by atoms with Gasteiger partial charge in [0, 0.05) is 13.6 Å². The Hall–Kier alpha value is -1.10. The van der Waals surface area contributed by atoms with E-state index in [1.165, 1.54) is 32.1 Å². The second kappa shape index (κ2) is 9.26. The zero-order chi connectivity index (χ0) is 16.7. The molecule has 0 N–H and O–H groups in total. The molecule has 1 saturated carbocycles. The maximum atomic E-state index is 12.5. The second-order valence-corrected chi connectivity index (χ2v) is 7.01. The quantitative estimate of drug-likeness (QED) is 0.704. The van der Waals surface area contributed by atoms with Crippen LogP contribution in [0.3, 0.4) is 0 Å². The monoisotopic (exact) mass is 324 g/mol. The van der Waals surface area contributed by atoms with Gasteiger partial charge in [-0.2, -0.15) is 0 Å². The van der Waals surface area contributed by atoms with Crippen LogP contribution < -0.4 is 0 Å². The number of carbonyl (C=O) groups is 2. The Balaban J connectivity index is 1.84. The molecular weight excluding hydrogens is 292 g/mol. The van der Waals surface area contributed by atoms with Gasteiger partial charge in [-0.25, -0.2) is 0 Å². The molecule has 132 valence electrons. The van der Waals surface area contributed by atoms with Gasteiger partial charge in [0.1, 0.15) is 6.04 Å². The highest BCUT2D eigenvalue weighted by molar-refractivity contribution is 5.80. The zero-order valence-electron chi connectivity index (χ0n) is 14.8. The third-order valence-corrected chi connectivity index (χ3v) is 5.19. The molecule has 0 radical (unpaired) electrons. The summed E-state index contributed by atoms with van der Waals surface area (Å²) in [5.41, 5.74) is 0. The van der Waals surface area contributed by atoms with Gasteiger partial charge in [-0.05, 0) is 45.1 Å². The van der Waals surface area contributed by atoms with Gasteiger partial charge >= 0.3 is 5.97 Å². The number of ether oxygens (including phenoxy) is 1. The molecule has 1 saturated heterocycles. The van der Waals surface area contributed by atoms with Crippen LogP contribution in [-0.2, 0) is 14.3 Å². The largest absolute Gasteiger partial charge is 0.465 e. The molecule has 1 unspecified atom stereocenters. The second-order valence-electron chi connectivity index (χ2n) is 7.01. The molecule has 1 aliphatic heterocycles. The van der Waals surface area contributed by atoms with Crippen molar-refractivity contribution in [1.29, 1.82) is 0 Å². The Labute approximate surface area is 140 Å². The van der Waals surface area contributed by atoms with E-state index in [1.54, 1.807) is 0 Å². The fraction of sp³-hybridized carbons (Fsp3) is 0.889. The van der Waals surface area contributed by atoms with E-state index in [2.05, 4.69) is 0 Å². The Kier molecular flexibility index (Phi) is 7.34. The van der Waals surface area contributed by atoms with E-state index in [9.17, 15) is 9.59 Å². The molecule has 0 aromatic rings. The van der Waals surface area contributed by atoms with E-state index >= 15 is 0 Å². The van der Waals surface area contributed by atoms with Crippen LogP contribution in [0.1, 0.15) is 58.3 Å². The highest BCUT2D eigenvalue weighted by Crippen LogP contribution is 2.24. The lowest BCUT2D eigenvalue weighted by Gasteiger charge is -2.35. The number of hydrogen-bond acceptors (Lipinski definition) is 4. The zero-order valence-corrected chi connectivity index (χ0v) is 14.8. The fourth-order valence-electron chi connectivity index (χ4n) is 3.84. The first-order valence-electron chi connectivity index (χ1n) is 9.26. The van der Waals surface area contributed by atoms with Crippen LogP contribution in [0.4, 0.5) is 0 Å². The number of likely N-dealkylation sites (tertiary alicyclic amines) is 1. The standard InChI is InChI=1S/C18H32N2O3/c1-3-23-18(22)16-11-7-8-12-20(16)14-17(21)19(2)13-15-9-5-4-6-10-15/h15-16H,3-14H2,1-2H3. The lowest BCUT2D eigenvalue weighted by Crippen LogP contribution is -2.50. The molecule has 2 fully saturated rings. The summed E-state index contributed by atoms with van der Waals surface area (Å²) in [6, 6.07) is -0.240. The Morgan fingerprint density at radius 1 is 1.09 bits per heavy atom. The highest BCUT2D eigenvalue weighted by Gasteiger charge is 2.31. The third kappa shape index (κ3) is 5.48. The summed E-state index contributed by atoms with van der Waals surface area (Å²) >= 11 is 0. The number of rotatable bonds is 6. The van der Waals surface area contributed by atoms with Crippen molar-refractivity contribution in [3.63, 3.8) is 0 Å². The Morgan fingerprint density at radius 3 is 2.48 bits per heavy atom. The molecule has 2 aliphatic rings. The van der Waals surface area contributed by atoms with Gasteiger partial charge in [0.15, 0.2) is 0 Å². The molecule has 0 spiro atoms. The van der Waals surface area contributed by atoms with Crippen molar-refractivity contribution in [2.45, 2.75) is 64.3 Å². The predicted molar refractivity (Wildman–Crippen MR) is 90.1 cm³/mol. The SMILES string of the molecule is CCOC(=O)C1CCCCN1CC(=O)N(C)CC1CCCCC1. The van der Waals surface area contributed by atoms with Crippen LogP contribution >= 0.6 is 0 Å². The van der Waals surface area contributed by atoms with E-state index in [0.29, 0.717) is 19.1 Å². The van der Waals surface area contributed by atoms with Gasteiger partial charge in [-0.3, -0.25) is 14.5 Å². The fourth-order valence-corrected chi connectivity index (χ4v) is 3.84. The molecule has 2 rings (SSSR count). The molecular formula is C18H32N2O3. The summed E-state index contributed by atoms with van der Waals surface area (Å²) in [4.78, 5) is 28.5. The van der Waals surface area contributed by atoms with Crippen molar-refractivity contribution in [3.8, 4) is 0 Å². The van der Waals surface area contributed by atoms with Crippen LogP contribution in [-0.4, -0.2) is 61.0 Å². The number of amides is 1. The molecule has 0 bridgehead atoms. The van der Waals surface area contributed by atoms with E-state index < -0.39 is 0 Å². The molecule has 5 nitrogen and oxygen atoms in total. The Morgan fingerprint density at radius 2 is 1.78 bits per heavy atom. The normalized spacial score (nSPS) is 23.5. The summed E-state index contributed by atoms with van der Waals surface area (Å²) in [5.74, 6) is 0.613. The lowest BCUT2D eigenvalue weighted by atomic mass is 9.89. The molecule has 23 heavy (non-hydrogen) atoms. The smallest absolute Gasteiger partial charge is 0.323 e. The molecule has 0 aromatic heterocycles. The number of piperidine rings is 1. The van der Waals surface area contributed by atoms with Crippen molar-refractivity contribution in [3.05, 3.63) is 0 Å². The van der Waals surface area contributed by atoms with Gasteiger partial charge in [0.25, 0.3) is 0 Å². The number of nitrogens with zero attached hydrogens (tertiary/aromatic N) is 2. The van der Waals surface area contributed by atoms with E-state index in [1.807, 2.05) is 23.8 Å². The average molecular weight is 324 g/mol. The molecule has 0 aromatic carbocycles.